The Hall–Kier alpha value is -1.37. The van der Waals surface area contributed by atoms with Gasteiger partial charge in [0.1, 0.15) is 11.6 Å². The Morgan fingerprint density at radius 3 is 2.74 bits per heavy atom. The molecule has 1 aromatic heterocycles. The summed E-state index contributed by atoms with van der Waals surface area (Å²) < 4.78 is 6.16. The van der Waals surface area contributed by atoms with Crippen LogP contribution in [0.2, 0.25) is 10.0 Å². The fraction of sp³-hybridized carbons (Fsp3) is 0. The van der Waals surface area contributed by atoms with Gasteiger partial charge >= 0.3 is 0 Å². The fourth-order valence-corrected chi connectivity index (χ4v) is 2.12. The Balaban J connectivity index is 2.42. The molecule has 1 aromatic carbocycles. The van der Waals surface area contributed by atoms with Crippen LogP contribution in [-0.2, 0) is 0 Å². The number of nitrogens with two attached hydrogens (primary N) is 1. The van der Waals surface area contributed by atoms with Crippen molar-refractivity contribution in [2.45, 2.75) is 0 Å². The standard InChI is InChI=1S/C11H7BrCl2N4O/c12-6-3-8(14)9(4-7(6)13)19-11-5(10(15)16)1-2-17-18-11/h1-4H,(H3,15,16). The van der Waals surface area contributed by atoms with E-state index in [-0.39, 0.29) is 11.7 Å². The summed E-state index contributed by atoms with van der Waals surface area (Å²) in [6.07, 6.45) is 1.42. The van der Waals surface area contributed by atoms with E-state index < -0.39 is 0 Å². The third-order valence-corrected chi connectivity index (χ3v) is 3.65. The van der Waals surface area contributed by atoms with Crippen molar-refractivity contribution in [3.63, 3.8) is 0 Å². The van der Waals surface area contributed by atoms with Crippen molar-refractivity contribution in [2.24, 2.45) is 5.73 Å². The molecule has 0 saturated heterocycles. The first-order valence-electron chi connectivity index (χ1n) is 4.97. The molecule has 0 bridgehead atoms. The van der Waals surface area contributed by atoms with E-state index in [9.17, 15) is 0 Å². The summed E-state index contributed by atoms with van der Waals surface area (Å²) in [7, 11) is 0. The van der Waals surface area contributed by atoms with E-state index in [0.29, 0.717) is 25.8 Å². The molecule has 0 atom stereocenters. The van der Waals surface area contributed by atoms with Gasteiger partial charge in [-0.15, -0.1) is 5.10 Å². The number of nitrogens with one attached hydrogen (secondary N) is 1. The van der Waals surface area contributed by atoms with Crippen LogP contribution in [0.25, 0.3) is 0 Å². The van der Waals surface area contributed by atoms with Crippen LogP contribution in [0.1, 0.15) is 5.56 Å². The predicted molar refractivity (Wildman–Crippen MR) is 77.3 cm³/mol. The van der Waals surface area contributed by atoms with Crippen molar-refractivity contribution in [3.8, 4) is 11.6 Å². The number of aromatic nitrogens is 2. The first kappa shape index (κ1) is 14.0. The Morgan fingerprint density at radius 1 is 1.32 bits per heavy atom. The Labute approximate surface area is 127 Å². The molecule has 2 rings (SSSR count). The number of rotatable bonds is 3. The second-order valence-corrected chi connectivity index (χ2v) is 5.13. The summed E-state index contributed by atoms with van der Waals surface area (Å²) in [6, 6.07) is 4.66. The average molecular weight is 362 g/mol. The van der Waals surface area contributed by atoms with Crippen LogP contribution in [0.4, 0.5) is 0 Å². The Bertz CT molecular complexity index is 651. The van der Waals surface area contributed by atoms with E-state index in [2.05, 4.69) is 26.1 Å². The van der Waals surface area contributed by atoms with Crippen molar-refractivity contribution in [1.29, 1.82) is 5.41 Å². The number of hydrogen-bond acceptors (Lipinski definition) is 4. The number of amidine groups is 1. The molecule has 3 N–H and O–H groups in total. The third kappa shape index (κ3) is 3.15. The largest absolute Gasteiger partial charge is 0.435 e. The first-order valence-corrected chi connectivity index (χ1v) is 6.52. The first-order chi connectivity index (χ1) is 8.99. The summed E-state index contributed by atoms with van der Waals surface area (Å²) in [4.78, 5) is 0. The van der Waals surface area contributed by atoms with Crippen molar-refractivity contribution in [3.05, 3.63) is 44.5 Å². The van der Waals surface area contributed by atoms with E-state index in [1.807, 2.05) is 0 Å². The summed E-state index contributed by atoms with van der Waals surface area (Å²) in [5, 5.41) is 15.7. The van der Waals surface area contributed by atoms with Crippen LogP contribution in [0, 0.1) is 5.41 Å². The maximum Gasteiger partial charge on any atom is 0.249 e. The maximum atomic E-state index is 7.44. The zero-order valence-electron chi connectivity index (χ0n) is 9.32. The van der Waals surface area contributed by atoms with Crippen LogP contribution in [-0.4, -0.2) is 16.0 Å². The van der Waals surface area contributed by atoms with Crippen LogP contribution >= 0.6 is 39.1 Å². The number of hydrogen-bond donors (Lipinski definition) is 2. The molecule has 0 amide bonds. The predicted octanol–water partition coefficient (Wildman–Crippen LogP) is 3.62. The van der Waals surface area contributed by atoms with Gasteiger partial charge in [0.25, 0.3) is 0 Å². The molecule has 0 aliphatic rings. The highest BCUT2D eigenvalue weighted by atomic mass is 79.9. The van der Waals surface area contributed by atoms with E-state index >= 15 is 0 Å². The van der Waals surface area contributed by atoms with E-state index in [4.69, 9.17) is 39.1 Å². The van der Waals surface area contributed by atoms with Crippen molar-refractivity contribution in [2.75, 3.05) is 0 Å². The monoisotopic (exact) mass is 360 g/mol. The van der Waals surface area contributed by atoms with Gasteiger partial charge in [-0.05, 0) is 28.1 Å². The normalized spacial score (nSPS) is 10.3. The molecule has 8 heteroatoms. The lowest BCUT2D eigenvalue weighted by atomic mass is 10.3. The molecule has 0 saturated carbocycles. The van der Waals surface area contributed by atoms with Gasteiger partial charge < -0.3 is 10.5 Å². The molecule has 5 nitrogen and oxygen atoms in total. The lowest BCUT2D eigenvalue weighted by Crippen LogP contribution is -2.13. The lowest BCUT2D eigenvalue weighted by Gasteiger charge is -2.10. The summed E-state index contributed by atoms with van der Waals surface area (Å²) in [5.74, 6) is 0.220. The minimum atomic E-state index is -0.177. The zero-order valence-corrected chi connectivity index (χ0v) is 12.4. The molecule has 0 aliphatic heterocycles. The van der Waals surface area contributed by atoms with E-state index in [1.165, 1.54) is 18.3 Å². The zero-order chi connectivity index (χ0) is 14.0. The molecule has 0 radical (unpaired) electrons. The molecule has 0 spiro atoms. The van der Waals surface area contributed by atoms with Gasteiger partial charge in [0, 0.05) is 10.5 Å². The molecule has 0 aliphatic carbocycles. The van der Waals surface area contributed by atoms with Crippen LogP contribution in [0.5, 0.6) is 11.6 Å². The van der Waals surface area contributed by atoms with Crippen molar-refractivity contribution < 1.29 is 4.74 Å². The molecular weight excluding hydrogens is 355 g/mol. The molecule has 19 heavy (non-hydrogen) atoms. The fourth-order valence-electron chi connectivity index (χ4n) is 1.29. The van der Waals surface area contributed by atoms with Gasteiger partial charge in [0.2, 0.25) is 5.88 Å². The number of halogens is 3. The lowest BCUT2D eigenvalue weighted by molar-refractivity contribution is 0.454. The number of ether oxygens (including phenoxy) is 1. The average Bonchev–Trinajstić information content (AvgIpc) is 2.36. The van der Waals surface area contributed by atoms with Crippen LogP contribution in [0.3, 0.4) is 0 Å². The highest BCUT2D eigenvalue weighted by Crippen LogP contribution is 2.36. The van der Waals surface area contributed by atoms with Gasteiger partial charge in [-0.3, -0.25) is 5.41 Å². The Morgan fingerprint density at radius 2 is 2.05 bits per heavy atom. The smallest absolute Gasteiger partial charge is 0.249 e. The van der Waals surface area contributed by atoms with Gasteiger partial charge in [0.15, 0.2) is 0 Å². The topological polar surface area (TPSA) is 84.9 Å². The van der Waals surface area contributed by atoms with E-state index in [0.717, 1.165) is 0 Å². The van der Waals surface area contributed by atoms with Gasteiger partial charge in [-0.2, -0.15) is 5.10 Å². The minimum Gasteiger partial charge on any atom is -0.435 e. The number of benzene rings is 1. The van der Waals surface area contributed by atoms with Gasteiger partial charge in [-0.1, -0.05) is 23.2 Å². The molecular formula is C11H7BrCl2N4O. The summed E-state index contributed by atoms with van der Waals surface area (Å²) in [6.45, 7) is 0. The highest BCUT2D eigenvalue weighted by molar-refractivity contribution is 9.10. The maximum absolute atomic E-state index is 7.44. The molecule has 0 unspecified atom stereocenters. The van der Waals surface area contributed by atoms with Crippen molar-refractivity contribution >= 4 is 45.0 Å². The molecule has 2 aromatic rings. The summed E-state index contributed by atoms with van der Waals surface area (Å²) in [5.41, 5.74) is 5.75. The van der Waals surface area contributed by atoms with E-state index in [1.54, 1.807) is 6.07 Å². The molecule has 98 valence electrons. The van der Waals surface area contributed by atoms with Gasteiger partial charge in [-0.25, -0.2) is 0 Å². The van der Waals surface area contributed by atoms with Gasteiger partial charge in [0.05, 0.1) is 21.8 Å². The van der Waals surface area contributed by atoms with Crippen LogP contribution < -0.4 is 10.5 Å². The van der Waals surface area contributed by atoms with Crippen molar-refractivity contribution in [1.82, 2.24) is 10.2 Å². The number of nitrogen functional groups attached to an aromatic ring is 1. The second kappa shape index (κ2) is 5.73. The molecule has 0 fully saturated rings. The molecule has 1 heterocycles. The second-order valence-electron chi connectivity index (χ2n) is 3.46. The summed E-state index contributed by atoms with van der Waals surface area (Å²) >= 11 is 15.3. The highest BCUT2D eigenvalue weighted by Gasteiger charge is 2.13. The number of nitrogens with zero attached hydrogens (tertiary/aromatic N) is 2. The Kier molecular flexibility index (Phi) is 4.24. The van der Waals surface area contributed by atoms with Crippen LogP contribution in [0.15, 0.2) is 28.9 Å². The third-order valence-electron chi connectivity index (χ3n) is 2.16. The SMILES string of the molecule is N=C(N)c1ccnnc1Oc1cc(Cl)c(Br)cc1Cl. The quantitative estimate of drug-likeness (QED) is 0.496. The minimum absolute atomic E-state index is 0.0929.